The third-order valence-electron chi connectivity index (χ3n) is 7.03. The molecule has 3 rings (SSSR count). The Hall–Kier alpha value is -1.15. The molecule has 0 aromatic heterocycles. The van der Waals surface area contributed by atoms with Crippen LogP contribution in [0.2, 0.25) is 0 Å². The fourth-order valence-corrected chi connectivity index (χ4v) is 6.70. The Kier molecular flexibility index (Phi) is 10.5. The molecule has 0 spiro atoms. The Balaban J connectivity index is 0.00000363. The van der Waals surface area contributed by atoms with Crippen LogP contribution in [0.4, 0.5) is 0 Å². The van der Waals surface area contributed by atoms with Crippen molar-refractivity contribution in [1.82, 2.24) is 9.21 Å². The Morgan fingerprint density at radius 1 is 1.00 bits per heavy atom. The number of carbonyl (C=O) groups is 1. The standard InChI is InChI=1S/C24H38N2O4S.ClH/c1-3-20-31(28,29)26-18-16-25(17-19-26)24(13-6-4-5-7-14-24)15-12-23(27)21-8-10-22(30-2)11-9-21;/h8-11H,3-7,12-20H2,1-2H3;1H. The van der Waals surface area contributed by atoms with Gasteiger partial charge in [0, 0.05) is 43.7 Å². The van der Waals surface area contributed by atoms with Crippen LogP contribution >= 0.6 is 12.4 Å². The molecule has 0 amide bonds. The number of sulfonamides is 1. The summed E-state index contributed by atoms with van der Waals surface area (Å²) >= 11 is 0. The molecule has 0 atom stereocenters. The molecule has 0 radical (unpaired) electrons. The van der Waals surface area contributed by atoms with Gasteiger partial charge in [-0.15, -0.1) is 12.4 Å². The Labute approximate surface area is 200 Å². The summed E-state index contributed by atoms with van der Waals surface area (Å²) in [6, 6.07) is 7.37. The van der Waals surface area contributed by atoms with E-state index in [0.717, 1.165) is 43.7 Å². The van der Waals surface area contributed by atoms with Crippen LogP contribution < -0.4 is 4.74 Å². The first-order chi connectivity index (χ1) is 14.9. The maximum atomic E-state index is 12.9. The third kappa shape index (κ3) is 6.69. The highest BCUT2D eigenvalue weighted by Gasteiger charge is 2.40. The van der Waals surface area contributed by atoms with E-state index in [2.05, 4.69) is 4.90 Å². The third-order valence-corrected chi connectivity index (χ3v) is 9.10. The molecule has 1 heterocycles. The van der Waals surface area contributed by atoms with E-state index in [1.165, 1.54) is 25.7 Å². The smallest absolute Gasteiger partial charge is 0.214 e. The van der Waals surface area contributed by atoms with Crippen LogP contribution in [-0.4, -0.2) is 68.0 Å². The molecule has 1 aromatic carbocycles. The van der Waals surface area contributed by atoms with Crippen LogP contribution in [0.3, 0.4) is 0 Å². The summed E-state index contributed by atoms with van der Waals surface area (Å²) in [5.74, 6) is 1.16. The lowest BCUT2D eigenvalue weighted by Crippen LogP contribution is -2.58. The second-order valence-corrected chi connectivity index (χ2v) is 11.1. The molecule has 1 aliphatic heterocycles. The van der Waals surface area contributed by atoms with E-state index in [1.807, 2.05) is 31.2 Å². The zero-order valence-corrected chi connectivity index (χ0v) is 21.2. The van der Waals surface area contributed by atoms with Crippen LogP contribution in [0.1, 0.15) is 75.1 Å². The molecule has 1 aliphatic carbocycles. The first kappa shape index (κ1) is 27.1. The number of hydrogen-bond donors (Lipinski definition) is 0. The number of piperazine rings is 1. The summed E-state index contributed by atoms with van der Waals surface area (Å²) in [6.07, 6.45) is 9.10. The molecule has 2 aliphatic rings. The fourth-order valence-electron chi connectivity index (χ4n) is 5.21. The molecule has 0 unspecified atom stereocenters. The van der Waals surface area contributed by atoms with Crippen molar-refractivity contribution in [1.29, 1.82) is 0 Å². The number of nitrogens with zero attached hydrogens (tertiary/aromatic N) is 2. The minimum absolute atomic E-state index is 0. The highest BCUT2D eigenvalue weighted by atomic mass is 35.5. The number of methoxy groups -OCH3 is 1. The quantitative estimate of drug-likeness (QED) is 0.379. The van der Waals surface area contributed by atoms with E-state index in [9.17, 15) is 13.2 Å². The van der Waals surface area contributed by atoms with Crippen molar-refractivity contribution < 1.29 is 17.9 Å². The van der Waals surface area contributed by atoms with Gasteiger partial charge in [0.05, 0.1) is 12.9 Å². The minimum Gasteiger partial charge on any atom is -0.497 e. The first-order valence-electron chi connectivity index (χ1n) is 11.8. The van der Waals surface area contributed by atoms with E-state index < -0.39 is 10.0 Å². The van der Waals surface area contributed by atoms with Crippen LogP contribution in [0.5, 0.6) is 5.75 Å². The molecular formula is C24H39ClN2O4S. The van der Waals surface area contributed by atoms with Crippen LogP contribution in [0, 0.1) is 0 Å². The number of ether oxygens (including phenoxy) is 1. The van der Waals surface area contributed by atoms with Crippen LogP contribution in [-0.2, 0) is 10.0 Å². The summed E-state index contributed by atoms with van der Waals surface area (Å²) < 4.78 is 31.8. The van der Waals surface area contributed by atoms with Crippen molar-refractivity contribution in [2.75, 3.05) is 39.0 Å². The van der Waals surface area contributed by atoms with Crippen LogP contribution in [0.25, 0.3) is 0 Å². The highest BCUT2D eigenvalue weighted by molar-refractivity contribution is 7.89. The zero-order valence-electron chi connectivity index (χ0n) is 19.6. The minimum atomic E-state index is -3.14. The fraction of sp³-hybridized carbons (Fsp3) is 0.708. The average molecular weight is 487 g/mol. The number of Topliss-reactive ketones (excluding diaryl/α,β-unsaturated/α-hetero) is 1. The van der Waals surface area contributed by atoms with Crippen molar-refractivity contribution in [3.05, 3.63) is 29.8 Å². The molecule has 1 saturated carbocycles. The number of halogens is 1. The Bertz CT molecular complexity index is 813. The van der Waals surface area contributed by atoms with E-state index in [1.54, 1.807) is 11.4 Å². The van der Waals surface area contributed by atoms with Gasteiger partial charge >= 0.3 is 0 Å². The van der Waals surface area contributed by atoms with Gasteiger partial charge in [-0.3, -0.25) is 9.69 Å². The molecule has 1 aromatic rings. The van der Waals surface area contributed by atoms with Crippen molar-refractivity contribution in [3.63, 3.8) is 0 Å². The highest BCUT2D eigenvalue weighted by Crippen LogP contribution is 2.37. The summed E-state index contributed by atoms with van der Waals surface area (Å²) in [6.45, 7) is 4.57. The summed E-state index contributed by atoms with van der Waals surface area (Å²) in [4.78, 5) is 15.4. The Morgan fingerprint density at radius 3 is 2.12 bits per heavy atom. The van der Waals surface area contributed by atoms with Gasteiger partial charge in [-0.05, 0) is 49.9 Å². The molecular weight excluding hydrogens is 448 g/mol. The van der Waals surface area contributed by atoms with Gasteiger partial charge in [0.25, 0.3) is 0 Å². The van der Waals surface area contributed by atoms with Crippen molar-refractivity contribution in [2.45, 2.75) is 70.3 Å². The summed E-state index contributed by atoms with van der Waals surface area (Å²) in [7, 11) is -1.51. The van der Waals surface area contributed by atoms with Crippen molar-refractivity contribution in [2.24, 2.45) is 0 Å². The van der Waals surface area contributed by atoms with E-state index in [4.69, 9.17) is 4.74 Å². The number of rotatable bonds is 9. The monoisotopic (exact) mass is 486 g/mol. The predicted molar refractivity (Wildman–Crippen MR) is 131 cm³/mol. The molecule has 0 bridgehead atoms. The first-order valence-corrected chi connectivity index (χ1v) is 13.4. The number of benzene rings is 1. The topological polar surface area (TPSA) is 66.9 Å². The van der Waals surface area contributed by atoms with Gasteiger partial charge in [-0.25, -0.2) is 8.42 Å². The van der Waals surface area contributed by atoms with Gasteiger partial charge in [-0.2, -0.15) is 4.31 Å². The summed E-state index contributed by atoms with van der Waals surface area (Å²) in [5, 5.41) is 0. The Morgan fingerprint density at radius 2 is 1.59 bits per heavy atom. The largest absolute Gasteiger partial charge is 0.497 e. The van der Waals surface area contributed by atoms with Crippen molar-refractivity contribution in [3.8, 4) is 5.75 Å². The van der Waals surface area contributed by atoms with Gasteiger partial charge in [-0.1, -0.05) is 32.6 Å². The molecule has 8 heteroatoms. The lowest BCUT2D eigenvalue weighted by Gasteiger charge is -2.48. The molecule has 0 N–H and O–H groups in total. The number of ketones is 1. The van der Waals surface area contributed by atoms with Gasteiger partial charge in [0.15, 0.2) is 5.78 Å². The van der Waals surface area contributed by atoms with E-state index in [-0.39, 0.29) is 29.5 Å². The SMILES string of the molecule is CCCS(=O)(=O)N1CCN(C2(CCC(=O)c3ccc(OC)cc3)CCCCCC2)CC1.Cl. The van der Waals surface area contributed by atoms with Gasteiger partial charge in [0.1, 0.15) is 5.75 Å². The lowest BCUT2D eigenvalue weighted by molar-refractivity contribution is 0.0320. The predicted octanol–water partition coefficient (Wildman–Crippen LogP) is 4.53. The maximum Gasteiger partial charge on any atom is 0.214 e. The van der Waals surface area contributed by atoms with E-state index in [0.29, 0.717) is 25.9 Å². The lowest BCUT2D eigenvalue weighted by atomic mass is 9.82. The van der Waals surface area contributed by atoms with E-state index >= 15 is 0 Å². The molecule has 6 nitrogen and oxygen atoms in total. The van der Waals surface area contributed by atoms with Crippen molar-refractivity contribution >= 4 is 28.2 Å². The zero-order chi connectivity index (χ0) is 22.3. The van der Waals surface area contributed by atoms with Gasteiger partial charge < -0.3 is 4.74 Å². The number of hydrogen-bond acceptors (Lipinski definition) is 5. The van der Waals surface area contributed by atoms with Crippen LogP contribution in [0.15, 0.2) is 24.3 Å². The summed E-state index contributed by atoms with van der Waals surface area (Å²) in [5.41, 5.74) is 0.749. The average Bonchev–Trinajstić information content (AvgIpc) is 3.04. The molecule has 182 valence electrons. The molecule has 32 heavy (non-hydrogen) atoms. The second kappa shape index (κ2) is 12.4. The maximum absolute atomic E-state index is 12.9. The number of carbonyl (C=O) groups excluding carboxylic acids is 1. The van der Waals surface area contributed by atoms with Gasteiger partial charge in [0.2, 0.25) is 10.0 Å². The normalized spacial score (nSPS) is 20.2. The second-order valence-electron chi connectivity index (χ2n) is 8.99. The molecule has 2 fully saturated rings. The molecule has 1 saturated heterocycles.